The molecule has 0 atom stereocenters. The summed E-state index contributed by atoms with van der Waals surface area (Å²) in [7, 11) is 2.97. The van der Waals surface area contributed by atoms with E-state index < -0.39 is 5.97 Å². The van der Waals surface area contributed by atoms with E-state index in [1.807, 2.05) is 6.07 Å². The second-order valence-electron chi connectivity index (χ2n) is 4.46. The molecule has 5 nitrogen and oxygen atoms in total. The van der Waals surface area contributed by atoms with Gasteiger partial charge in [-0.1, -0.05) is 18.2 Å². The number of nitriles is 1. The van der Waals surface area contributed by atoms with Crippen LogP contribution in [-0.2, 0) is 0 Å². The van der Waals surface area contributed by atoms with Gasteiger partial charge >= 0.3 is 5.97 Å². The van der Waals surface area contributed by atoms with Crippen molar-refractivity contribution in [1.29, 1.82) is 5.26 Å². The van der Waals surface area contributed by atoms with Gasteiger partial charge in [0.1, 0.15) is 11.3 Å². The molecule has 0 amide bonds. The third-order valence-corrected chi connectivity index (χ3v) is 3.07. The second kappa shape index (κ2) is 7.66. The van der Waals surface area contributed by atoms with E-state index in [1.54, 1.807) is 48.5 Å². The van der Waals surface area contributed by atoms with Crippen molar-refractivity contribution in [2.45, 2.75) is 0 Å². The summed E-state index contributed by atoms with van der Waals surface area (Å²) >= 11 is 0. The first-order valence-corrected chi connectivity index (χ1v) is 6.79. The largest absolute Gasteiger partial charge is 0.496 e. The summed E-state index contributed by atoms with van der Waals surface area (Å²) < 4.78 is 15.8. The molecule has 0 saturated heterocycles. The Morgan fingerprint density at radius 1 is 1.04 bits per heavy atom. The molecule has 2 rings (SSSR count). The van der Waals surface area contributed by atoms with E-state index in [-0.39, 0.29) is 5.75 Å². The molecule has 0 aliphatic carbocycles. The second-order valence-corrected chi connectivity index (χ2v) is 4.46. The zero-order valence-electron chi connectivity index (χ0n) is 12.8. The van der Waals surface area contributed by atoms with Gasteiger partial charge in [0.2, 0.25) is 0 Å². The molecule has 0 radical (unpaired) electrons. The lowest BCUT2D eigenvalue weighted by Gasteiger charge is -2.11. The predicted molar refractivity (Wildman–Crippen MR) is 85.6 cm³/mol. The Labute approximate surface area is 134 Å². The van der Waals surface area contributed by atoms with Crippen LogP contribution in [0.5, 0.6) is 17.2 Å². The van der Waals surface area contributed by atoms with E-state index in [9.17, 15) is 4.79 Å². The highest BCUT2D eigenvalue weighted by molar-refractivity contribution is 5.94. The van der Waals surface area contributed by atoms with Gasteiger partial charge in [0.15, 0.2) is 11.5 Å². The van der Waals surface area contributed by atoms with E-state index in [2.05, 4.69) is 0 Å². The fourth-order valence-electron chi connectivity index (χ4n) is 1.97. The summed E-state index contributed by atoms with van der Waals surface area (Å²) in [6, 6.07) is 13.7. The molecular weight excluding hydrogens is 294 g/mol. The Bertz CT molecular complexity index is 775. The number of ether oxygens (including phenoxy) is 3. The molecule has 0 N–H and O–H groups in total. The van der Waals surface area contributed by atoms with E-state index in [1.165, 1.54) is 20.3 Å². The van der Waals surface area contributed by atoms with Gasteiger partial charge in [-0.05, 0) is 35.9 Å². The zero-order valence-corrected chi connectivity index (χ0v) is 12.8. The number of methoxy groups -OCH3 is 2. The molecule has 0 saturated carbocycles. The Hall–Kier alpha value is -3.26. The van der Waals surface area contributed by atoms with Crippen LogP contribution < -0.4 is 14.2 Å². The number of allylic oxidation sites excluding steroid dienone is 1. The van der Waals surface area contributed by atoms with Crippen LogP contribution in [-0.4, -0.2) is 20.2 Å². The lowest BCUT2D eigenvalue weighted by molar-refractivity contribution is 0.0726. The number of esters is 1. The summed E-state index contributed by atoms with van der Waals surface area (Å²) in [4.78, 5) is 12.3. The van der Waals surface area contributed by atoms with Crippen molar-refractivity contribution in [3.63, 3.8) is 0 Å². The quantitative estimate of drug-likeness (QED) is 0.480. The Morgan fingerprint density at radius 3 is 2.48 bits per heavy atom. The molecule has 0 aliphatic heterocycles. The lowest BCUT2D eigenvalue weighted by atomic mass is 10.2. The van der Waals surface area contributed by atoms with Gasteiger partial charge < -0.3 is 14.2 Å². The standard InChI is InChI=1S/C18H15NO4/c1-21-15-8-4-3-7-14(15)18(20)23-16-10-9-13(6-5-11-19)12-17(16)22-2/h3-10,12H,1-2H3/b6-5-. The van der Waals surface area contributed by atoms with Gasteiger partial charge in [-0.3, -0.25) is 0 Å². The summed E-state index contributed by atoms with van der Waals surface area (Å²) in [5.74, 6) is 0.581. The molecule has 0 unspecified atom stereocenters. The lowest BCUT2D eigenvalue weighted by Crippen LogP contribution is -2.10. The summed E-state index contributed by atoms with van der Waals surface area (Å²) in [5, 5.41) is 8.55. The molecule has 0 heterocycles. The number of para-hydroxylation sites is 1. The minimum absolute atomic E-state index is 0.289. The third-order valence-electron chi connectivity index (χ3n) is 3.07. The topological polar surface area (TPSA) is 68.5 Å². The Morgan fingerprint density at radius 2 is 1.78 bits per heavy atom. The van der Waals surface area contributed by atoms with Crippen LogP contribution in [0.4, 0.5) is 0 Å². The molecular formula is C18H15NO4. The molecule has 0 bridgehead atoms. The Kier molecular flexibility index (Phi) is 5.37. The van der Waals surface area contributed by atoms with E-state index in [4.69, 9.17) is 19.5 Å². The number of carbonyl (C=O) groups excluding carboxylic acids is 1. The van der Waals surface area contributed by atoms with Crippen LogP contribution in [0.15, 0.2) is 48.5 Å². The maximum Gasteiger partial charge on any atom is 0.347 e. The number of benzene rings is 2. The minimum atomic E-state index is -0.541. The van der Waals surface area contributed by atoms with Crippen molar-refractivity contribution in [1.82, 2.24) is 0 Å². The molecule has 0 spiro atoms. The van der Waals surface area contributed by atoms with Crippen molar-refractivity contribution in [3.8, 4) is 23.3 Å². The van der Waals surface area contributed by atoms with Crippen molar-refractivity contribution in [3.05, 3.63) is 59.7 Å². The van der Waals surface area contributed by atoms with Crippen LogP contribution >= 0.6 is 0 Å². The molecule has 5 heteroatoms. The van der Waals surface area contributed by atoms with Crippen LogP contribution in [0.2, 0.25) is 0 Å². The molecule has 0 fully saturated rings. The molecule has 2 aromatic carbocycles. The summed E-state index contributed by atoms with van der Waals surface area (Å²) in [6.45, 7) is 0. The van der Waals surface area contributed by atoms with Crippen molar-refractivity contribution >= 4 is 12.0 Å². The van der Waals surface area contributed by atoms with E-state index in [0.29, 0.717) is 17.1 Å². The summed E-state index contributed by atoms with van der Waals surface area (Å²) in [5.41, 5.74) is 1.09. The molecule has 23 heavy (non-hydrogen) atoms. The van der Waals surface area contributed by atoms with Gasteiger partial charge in [0, 0.05) is 6.08 Å². The van der Waals surface area contributed by atoms with Crippen molar-refractivity contribution in [2.24, 2.45) is 0 Å². The van der Waals surface area contributed by atoms with E-state index in [0.717, 1.165) is 5.56 Å². The number of hydrogen-bond donors (Lipinski definition) is 0. The van der Waals surface area contributed by atoms with E-state index >= 15 is 0 Å². The first-order valence-electron chi connectivity index (χ1n) is 6.79. The molecule has 116 valence electrons. The molecule has 2 aromatic rings. The van der Waals surface area contributed by atoms with Gasteiger partial charge in [-0.15, -0.1) is 0 Å². The number of rotatable bonds is 5. The molecule has 0 aliphatic rings. The smallest absolute Gasteiger partial charge is 0.347 e. The monoisotopic (exact) mass is 309 g/mol. The van der Waals surface area contributed by atoms with Crippen LogP contribution in [0.3, 0.4) is 0 Å². The van der Waals surface area contributed by atoms with Gasteiger partial charge in [0.05, 0.1) is 20.3 Å². The predicted octanol–water partition coefficient (Wildman–Crippen LogP) is 3.46. The summed E-state index contributed by atoms with van der Waals surface area (Å²) in [6.07, 6.45) is 2.99. The number of carbonyl (C=O) groups is 1. The SMILES string of the molecule is COc1cc(/C=C\C#N)ccc1OC(=O)c1ccccc1OC. The van der Waals surface area contributed by atoms with Gasteiger partial charge in [0.25, 0.3) is 0 Å². The van der Waals surface area contributed by atoms with Gasteiger partial charge in [-0.2, -0.15) is 5.26 Å². The average Bonchev–Trinajstić information content (AvgIpc) is 2.60. The highest BCUT2D eigenvalue weighted by Crippen LogP contribution is 2.30. The maximum absolute atomic E-state index is 12.3. The highest BCUT2D eigenvalue weighted by atomic mass is 16.6. The number of hydrogen-bond acceptors (Lipinski definition) is 5. The highest BCUT2D eigenvalue weighted by Gasteiger charge is 2.16. The maximum atomic E-state index is 12.3. The zero-order chi connectivity index (χ0) is 16.7. The van der Waals surface area contributed by atoms with Crippen LogP contribution in [0.25, 0.3) is 6.08 Å². The Balaban J connectivity index is 2.27. The first-order chi connectivity index (χ1) is 11.2. The van der Waals surface area contributed by atoms with Gasteiger partial charge in [-0.25, -0.2) is 4.79 Å². The average molecular weight is 309 g/mol. The minimum Gasteiger partial charge on any atom is -0.496 e. The van der Waals surface area contributed by atoms with Crippen LogP contribution in [0, 0.1) is 11.3 Å². The third kappa shape index (κ3) is 3.89. The normalized spacial score (nSPS) is 10.1. The molecule has 0 aromatic heterocycles. The van der Waals surface area contributed by atoms with Crippen LogP contribution in [0.1, 0.15) is 15.9 Å². The first kappa shape index (κ1) is 16.1. The fourth-order valence-corrected chi connectivity index (χ4v) is 1.97. The van der Waals surface area contributed by atoms with Crippen molar-refractivity contribution < 1.29 is 19.0 Å². The number of nitrogens with zero attached hydrogens (tertiary/aromatic N) is 1. The van der Waals surface area contributed by atoms with Crippen molar-refractivity contribution in [2.75, 3.05) is 14.2 Å². The fraction of sp³-hybridized carbons (Fsp3) is 0.111.